The molecule has 0 spiro atoms. The van der Waals surface area contributed by atoms with Gasteiger partial charge < -0.3 is 29.0 Å². The fraction of sp³-hybridized carbons (Fsp3) is 0.400. The van der Waals surface area contributed by atoms with Gasteiger partial charge in [0.25, 0.3) is 5.91 Å². The van der Waals surface area contributed by atoms with E-state index in [2.05, 4.69) is 15.2 Å². The minimum absolute atomic E-state index is 0.0704. The number of piperazine rings is 1. The van der Waals surface area contributed by atoms with Crippen LogP contribution >= 0.6 is 0 Å². The first kappa shape index (κ1) is 18.2. The van der Waals surface area contributed by atoms with Gasteiger partial charge in [-0.3, -0.25) is 9.79 Å². The minimum atomic E-state index is -0.0894. The smallest absolute Gasteiger partial charge is 0.289 e. The molecule has 8 nitrogen and oxygen atoms in total. The van der Waals surface area contributed by atoms with Crippen molar-refractivity contribution in [2.45, 2.75) is 6.10 Å². The number of rotatable bonds is 3. The number of fused-ring (bicyclic) bond motifs is 1. The number of nitrogens with one attached hydrogen (secondary N) is 1. The third kappa shape index (κ3) is 3.90. The van der Waals surface area contributed by atoms with Gasteiger partial charge >= 0.3 is 0 Å². The summed E-state index contributed by atoms with van der Waals surface area (Å²) >= 11 is 0. The number of aliphatic imine (C=N–C) groups is 1. The molecule has 3 heterocycles. The minimum Gasteiger partial charge on any atom is -0.486 e. The SMILES string of the molecule is CN=C(NCC1COc2ccccc2O1)N1CCN(C(=O)c2ccco2)CC1. The van der Waals surface area contributed by atoms with Crippen molar-refractivity contribution in [2.75, 3.05) is 46.4 Å². The Balaban J connectivity index is 1.27. The van der Waals surface area contributed by atoms with Crippen LogP contribution < -0.4 is 14.8 Å². The van der Waals surface area contributed by atoms with Crippen molar-refractivity contribution in [3.05, 3.63) is 48.4 Å². The molecule has 1 saturated heterocycles. The van der Waals surface area contributed by atoms with Gasteiger partial charge in [-0.1, -0.05) is 12.1 Å². The van der Waals surface area contributed by atoms with Crippen LogP contribution in [0.15, 0.2) is 52.1 Å². The summed E-state index contributed by atoms with van der Waals surface area (Å²) < 4.78 is 16.9. The second-order valence-corrected chi connectivity index (χ2v) is 6.68. The number of amides is 1. The zero-order chi connectivity index (χ0) is 19.3. The molecule has 2 aromatic rings. The number of ether oxygens (including phenoxy) is 2. The summed E-state index contributed by atoms with van der Waals surface area (Å²) in [5.74, 6) is 2.65. The van der Waals surface area contributed by atoms with E-state index in [1.54, 1.807) is 24.1 Å². The first-order valence-corrected chi connectivity index (χ1v) is 9.41. The average Bonchev–Trinajstić information content (AvgIpc) is 3.29. The van der Waals surface area contributed by atoms with E-state index in [9.17, 15) is 4.79 Å². The molecule has 1 atom stereocenters. The highest BCUT2D eigenvalue weighted by atomic mass is 16.6. The number of para-hydroxylation sites is 2. The van der Waals surface area contributed by atoms with E-state index in [4.69, 9.17) is 13.9 Å². The van der Waals surface area contributed by atoms with Crippen molar-refractivity contribution in [2.24, 2.45) is 4.99 Å². The van der Waals surface area contributed by atoms with Crippen molar-refractivity contribution < 1.29 is 18.7 Å². The zero-order valence-corrected chi connectivity index (χ0v) is 15.8. The molecule has 8 heteroatoms. The first-order chi connectivity index (χ1) is 13.7. The summed E-state index contributed by atoms with van der Waals surface area (Å²) in [5, 5.41) is 3.36. The number of hydrogen-bond acceptors (Lipinski definition) is 5. The molecule has 0 radical (unpaired) electrons. The largest absolute Gasteiger partial charge is 0.486 e. The lowest BCUT2D eigenvalue weighted by molar-refractivity contribution is 0.0655. The average molecular weight is 384 g/mol. The van der Waals surface area contributed by atoms with E-state index >= 15 is 0 Å². The van der Waals surface area contributed by atoms with E-state index in [1.807, 2.05) is 24.3 Å². The molecule has 1 aromatic heterocycles. The van der Waals surface area contributed by atoms with Crippen LogP contribution in [0.25, 0.3) is 0 Å². The Labute approximate surface area is 163 Å². The normalized spacial score (nSPS) is 19.5. The molecule has 2 aliphatic heterocycles. The lowest BCUT2D eigenvalue weighted by Crippen LogP contribution is -2.55. The third-order valence-electron chi connectivity index (χ3n) is 4.87. The second-order valence-electron chi connectivity index (χ2n) is 6.68. The van der Waals surface area contributed by atoms with E-state index in [-0.39, 0.29) is 12.0 Å². The summed E-state index contributed by atoms with van der Waals surface area (Å²) in [6, 6.07) is 11.1. The van der Waals surface area contributed by atoms with Crippen LogP contribution in [-0.4, -0.2) is 74.1 Å². The van der Waals surface area contributed by atoms with Gasteiger partial charge in [0.05, 0.1) is 12.8 Å². The summed E-state index contributed by atoms with van der Waals surface area (Å²) in [5.41, 5.74) is 0. The molecule has 4 rings (SSSR count). The van der Waals surface area contributed by atoms with Crippen LogP contribution in [0.2, 0.25) is 0 Å². The fourth-order valence-electron chi connectivity index (χ4n) is 3.38. The van der Waals surface area contributed by atoms with Crippen LogP contribution in [0.5, 0.6) is 11.5 Å². The number of furan rings is 1. The molecule has 148 valence electrons. The molecule has 2 aliphatic rings. The van der Waals surface area contributed by atoms with Crippen LogP contribution in [-0.2, 0) is 0 Å². The lowest BCUT2D eigenvalue weighted by atomic mass is 10.2. The maximum absolute atomic E-state index is 12.4. The van der Waals surface area contributed by atoms with E-state index in [0.29, 0.717) is 45.1 Å². The van der Waals surface area contributed by atoms with Crippen molar-refractivity contribution in [1.29, 1.82) is 0 Å². The monoisotopic (exact) mass is 384 g/mol. The fourth-order valence-corrected chi connectivity index (χ4v) is 3.38. The van der Waals surface area contributed by atoms with Gasteiger partial charge in [-0.15, -0.1) is 0 Å². The maximum Gasteiger partial charge on any atom is 0.289 e. The molecule has 1 N–H and O–H groups in total. The summed E-state index contributed by atoms with van der Waals surface area (Å²) in [6.07, 6.45) is 1.43. The second kappa shape index (κ2) is 8.24. The van der Waals surface area contributed by atoms with Crippen molar-refractivity contribution in [1.82, 2.24) is 15.1 Å². The predicted octanol–water partition coefficient (Wildman–Crippen LogP) is 1.45. The molecule has 0 saturated carbocycles. The van der Waals surface area contributed by atoms with Gasteiger partial charge in [0, 0.05) is 33.2 Å². The molecule has 1 amide bonds. The number of benzene rings is 1. The molecule has 28 heavy (non-hydrogen) atoms. The van der Waals surface area contributed by atoms with Gasteiger partial charge in [0.15, 0.2) is 23.2 Å². The lowest BCUT2D eigenvalue weighted by Gasteiger charge is -2.36. The Morgan fingerprint density at radius 2 is 1.86 bits per heavy atom. The summed E-state index contributed by atoms with van der Waals surface area (Å²) in [7, 11) is 1.76. The standard InChI is InChI=1S/C20H24N4O4/c1-21-20(22-13-15-14-27-16-5-2-3-6-17(16)28-15)24-10-8-23(9-11-24)19(25)18-7-4-12-26-18/h2-7,12,15H,8-11,13-14H2,1H3,(H,21,22). The molecular formula is C20H24N4O4. The zero-order valence-electron chi connectivity index (χ0n) is 15.8. The highest BCUT2D eigenvalue weighted by molar-refractivity contribution is 5.91. The Kier molecular flexibility index (Phi) is 5.36. The Morgan fingerprint density at radius 1 is 1.11 bits per heavy atom. The quantitative estimate of drug-likeness (QED) is 0.638. The van der Waals surface area contributed by atoms with Gasteiger partial charge in [0.2, 0.25) is 0 Å². The Morgan fingerprint density at radius 3 is 2.57 bits per heavy atom. The summed E-state index contributed by atoms with van der Waals surface area (Å²) in [4.78, 5) is 20.7. The Bertz CT molecular complexity index is 828. The first-order valence-electron chi connectivity index (χ1n) is 9.41. The highest BCUT2D eigenvalue weighted by Crippen LogP contribution is 2.30. The topological polar surface area (TPSA) is 79.5 Å². The van der Waals surface area contributed by atoms with E-state index in [1.165, 1.54) is 6.26 Å². The summed E-state index contributed by atoms with van der Waals surface area (Å²) in [6.45, 7) is 3.74. The molecular weight excluding hydrogens is 360 g/mol. The molecule has 0 bridgehead atoms. The Hall–Kier alpha value is -3.16. The van der Waals surface area contributed by atoms with Crippen LogP contribution in [0, 0.1) is 0 Å². The number of guanidine groups is 1. The molecule has 1 fully saturated rings. The van der Waals surface area contributed by atoms with E-state index in [0.717, 1.165) is 17.5 Å². The van der Waals surface area contributed by atoms with Gasteiger partial charge in [-0.2, -0.15) is 0 Å². The predicted molar refractivity (Wildman–Crippen MR) is 104 cm³/mol. The number of hydrogen-bond donors (Lipinski definition) is 1. The van der Waals surface area contributed by atoms with Crippen molar-refractivity contribution >= 4 is 11.9 Å². The molecule has 1 aromatic carbocycles. The van der Waals surface area contributed by atoms with Crippen LogP contribution in [0.1, 0.15) is 10.6 Å². The third-order valence-corrected chi connectivity index (χ3v) is 4.87. The van der Waals surface area contributed by atoms with Crippen molar-refractivity contribution in [3.8, 4) is 11.5 Å². The highest BCUT2D eigenvalue weighted by Gasteiger charge is 2.26. The molecule has 0 aliphatic carbocycles. The van der Waals surface area contributed by atoms with Gasteiger partial charge in [0.1, 0.15) is 12.7 Å². The van der Waals surface area contributed by atoms with Crippen molar-refractivity contribution in [3.63, 3.8) is 0 Å². The van der Waals surface area contributed by atoms with E-state index < -0.39 is 0 Å². The molecule has 1 unspecified atom stereocenters. The van der Waals surface area contributed by atoms with Crippen LogP contribution in [0.3, 0.4) is 0 Å². The number of carbonyl (C=O) groups is 1. The number of nitrogens with zero attached hydrogens (tertiary/aromatic N) is 3. The maximum atomic E-state index is 12.4. The number of carbonyl (C=O) groups excluding carboxylic acids is 1. The van der Waals surface area contributed by atoms with Gasteiger partial charge in [-0.25, -0.2) is 0 Å². The van der Waals surface area contributed by atoms with Crippen LogP contribution in [0.4, 0.5) is 0 Å². The van der Waals surface area contributed by atoms with Gasteiger partial charge in [-0.05, 0) is 24.3 Å².